The van der Waals surface area contributed by atoms with Crippen molar-refractivity contribution in [2.24, 2.45) is 5.92 Å². The molecule has 0 aliphatic carbocycles. The Labute approximate surface area is 230 Å². The molecule has 0 heterocycles. The fourth-order valence-electron chi connectivity index (χ4n) is 4.27. The Morgan fingerprint density at radius 1 is 0.897 bits per heavy atom. The van der Waals surface area contributed by atoms with Crippen molar-refractivity contribution in [1.82, 2.24) is 4.90 Å². The molecule has 3 rings (SSSR count). The minimum atomic E-state index is -0.833. The van der Waals surface area contributed by atoms with Crippen molar-refractivity contribution in [1.29, 1.82) is 0 Å². The Bertz CT molecular complexity index is 1300. The highest BCUT2D eigenvalue weighted by Gasteiger charge is 2.18. The molecule has 0 bridgehead atoms. The minimum Gasteiger partial charge on any atom is -0.495 e. The first-order valence-corrected chi connectivity index (χ1v) is 13.0. The van der Waals surface area contributed by atoms with Gasteiger partial charge in [0.15, 0.2) is 0 Å². The van der Waals surface area contributed by atoms with Gasteiger partial charge in [0, 0.05) is 25.2 Å². The average Bonchev–Trinajstić information content (AvgIpc) is 2.89. The van der Waals surface area contributed by atoms with Gasteiger partial charge in [-0.2, -0.15) is 0 Å². The van der Waals surface area contributed by atoms with E-state index in [0.29, 0.717) is 36.6 Å². The number of urea groups is 1. The first kappa shape index (κ1) is 29.2. The van der Waals surface area contributed by atoms with Crippen LogP contribution < -0.4 is 15.4 Å². The molecular formula is C31H37N3O5. The number of hydrogen-bond donors (Lipinski definition) is 3. The van der Waals surface area contributed by atoms with Crippen LogP contribution in [0.15, 0.2) is 66.7 Å². The molecule has 3 amide bonds. The zero-order valence-corrected chi connectivity index (χ0v) is 23.0. The van der Waals surface area contributed by atoms with Crippen LogP contribution in [0.5, 0.6) is 5.75 Å². The van der Waals surface area contributed by atoms with Gasteiger partial charge in [0.1, 0.15) is 5.75 Å². The van der Waals surface area contributed by atoms with Crippen LogP contribution in [0.3, 0.4) is 0 Å². The third-order valence-electron chi connectivity index (χ3n) is 6.19. The van der Waals surface area contributed by atoms with Crippen LogP contribution in [0.1, 0.15) is 42.5 Å². The number of amides is 3. The molecule has 0 fully saturated rings. The number of benzene rings is 3. The molecule has 206 valence electrons. The van der Waals surface area contributed by atoms with Gasteiger partial charge in [-0.25, -0.2) is 4.79 Å². The number of carbonyl (C=O) groups is 3. The van der Waals surface area contributed by atoms with Crippen molar-refractivity contribution >= 4 is 29.3 Å². The van der Waals surface area contributed by atoms with Gasteiger partial charge < -0.3 is 25.4 Å². The highest BCUT2D eigenvalue weighted by Crippen LogP contribution is 2.27. The second-order valence-corrected chi connectivity index (χ2v) is 9.99. The Morgan fingerprint density at radius 2 is 1.62 bits per heavy atom. The largest absolute Gasteiger partial charge is 0.495 e. The molecule has 0 spiro atoms. The third-order valence-corrected chi connectivity index (χ3v) is 6.19. The summed E-state index contributed by atoms with van der Waals surface area (Å²) in [6, 6.07) is 20.2. The number of hydrogen-bond acceptors (Lipinski definition) is 4. The van der Waals surface area contributed by atoms with Gasteiger partial charge in [0.05, 0.1) is 19.2 Å². The number of anilines is 2. The number of nitrogens with one attached hydrogen (secondary N) is 2. The Balaban J connectivity index is 1.69. The molecule has 0 aromatic heterocycles. The number of aryl methyl sites for hydroxylation is 2. The zero-order valence-electron chi connectivity index (χ0n) is 23.0. The molecule has 8 heteroatoms. The molecule has 0 radical (unpaired) electrons. The van der Waals surface area contributed by atoms with Gasteiger partial charge in [-0.1, -0.05) is 62.4 Å². The van der Waals surface area contributed by atoms with E-state index in [9.17, 15) is 14.4 Å². The Hall–Kier alpha value is -4.33. The maximum atomic E-state index is 13.4. The summed E-state index contributed by atoms with van der Waals surface area (Å²) in [4.78, 5) is 38.7. The zero-order chi connectivity index (χ0) is 28.4. The molecule has 3 aromatic rings. The number of methoxy groups -OCH3 is 1. The van der Waals surface area contributed by atoms with Crippen molar-refractivity contribution in [2.45, 2.75) is 46.6 Å². The number of nitrogens with zero attached hydrogens (tertiary/aromatic N) is 1. The van der Waals surface area contributed by atoms with Gasteiger partial charge in [0.25, 0.3) is 0 Å². The molecule has 8 nitrogen and oxygen atoms in total. The molecule has 0 saturated heterocycles. The van der Waals surface area contributed by atoms with E-state index in [0.717, 1.165) is 22.3 Å². The number of rotatable bonds is 12. The van der Waals surface area contributed by atoms with E-state index in [1.165, 1.54) is 7.11 Å². The summed E-state index contributed by atoms with van der Waals surface area (Å²) < 4.78 is 5.51. The van der Waals surface area contributed by atoms with Crippen LogP contribution in [0.2, 0.25) is 0 Å². The fraction of sp³-hybridized carbons (Fsp3) is 0.323. The second-order valence-electron chi connectivity index (χ2n) is 9.99. The Kier molecular flexibility index (Phi) is 10.5. The Morgan fingerprint density at radius 3 is 2.31 bits per heavy atom. The minimum absolute atomic E-state index is 0.0281. The number of aliphatic carboxylic acids is 1. The lowest BCUT2D eigenvalue weighted by Gasteiger charge is -2.25. The second kappa shape index (κ2) is 14.0. The van der Waals surface area contributed by atoms with E-state index in [1.54, 1.807) is 12.1 Å². The summed E-state index contributed by atoms with van der Waals surface area (Å²) in [7, 11) is 1.52. The molecule has 3 aromatic carbocycles. The van der Waals surface area contributed by atoms with E-state index in [1.807, 2.05) is 66.4 Å². The smallest absolute Gasteiger partial charge is 0.323 e. The molecule has 0 aliphatic heterocycles. The lowest BCUT2D eigenvalue weighted by Crippen LogP contribution is -2.34. The van der Waals surface area contributed by atoms with Crippen molar-refractivity contribution in [3.05, 3.63) is 89.0 Å². The summed E-state index contributed by atoms with van der Waals surface area (Å²) >= 11 is 0. The van der Waals surface area contributed by atoms with E-state index in [4.69, 9.17) is 9.84 Å². The lowest BCUT2D eigenvalue weighted by molar-refractivity contribution is -0.137. The van der Waals surface area contributed by atoms with Crippen molar-refractivity contribution in [2.75, 3.05) is 24.3 Å². The van der Waals surface area contributed by atoms with Crippen molar-refractivity contribution in [3.63, 3.8) is 0 Å². The van der Waals surface area contributed by atoms with Crippen LogP contribution in [-0.4, -0.2) is 41.6 Å². The number of carboxylic acid groups (broad SMARTS) is 1. The lowest BCUT2D eigenvalue weighted by atomic mass is 10.0. The maximum absolute atomic E-state index is 13.4. The van der Waals surface area contributed by atoms with Crippen molar-refractivity contribution < 1.29 is 24.2 Å². The quantitative estimate of drug-likeness (QED) is 0.270. The molecule has 0 atom stereocenters. The van der Waals surface area contributed by atoms with E-state index in [2.05, 4.69) is 24.5 Å². The SMILES string of the molecule is COc1cc(CC(=O)N(Cc2cccc(CCC(=O)O)c2)CC(C)C)ccc1NC(=O)Nc1ccccc1C. The third kappa shape index (κ3) is 9.17. The summed E-state index contributed by atoms with van der Waals surface area (Å²) in [6.07, 6.45) is 0.695. The topological polar surface area (TPSA) is 108 Å². The van der Waals surface area contributed by atoms with Crippen molar-refractivity contribution in [3.8, 4) is 5.75 Å². The molecule has 0 aliphatic rings. The summed E-state index contributed by atoms with van der Waals surface area (Å²) in [6.45, 7) is 7.08. The predicted octanol–water partition coefficient (Wildman–Crippen LogP) is 5.89. The first-order chi connectivity index (χ1) is 18.6. The van der Waals surface area contributed by atoms with E-state index < -0.39 is 5.97 Å². The molecular weight excluding hydrogens is 494 g/mol. The monoisotopic (exact) mass is 531 g/mol. The molecule has 39 heavy (non-hydrogen) atoms. The van der Waals surface area contributed by atoms with Gasteiger partial charge in [-0.15, -0.1) is 0 Å². The number of ether oxygens (including phenoxy) is 1. The summed E-state index contributed by atoms with van der Waals surface area (Å²) in [5, 5.41) is 14.6. The summed E-state index contributed by atoms with van der Waals surface area (Å²) in [5.41, 5.74) is 4.83. The standard InChI is InChI=1S/C31H37N3O5/c1-21(2)19-34(20-25-10-7-9-23(16-25)13-15-30(36)37)29(35)18-24-12-14-27(28(17-24)39-4)33-31(38)32-26-11-6-5-8-22(26)3/h5-12,14,16-17,21H,13,15,18-20H2,1-4H3,(H,36,37)(H2,32,33,38). The van der Waals surface area contributed by atoms with E-state index >= 15 is 0 Å². The highest BCUT2D eigenvalue weighted by atomic mass is 16.5. The predicted molar refractivity (Wildman–Crippen MR) is 153 cm³/mol. The molecule has 0 saturated carbocycles. The number of para-hydroxylation sites is 1. The molecule has 3 N–H and O–H groups in total. The summed E-state index contributed by atoms with van der Waals surface area (Å²) in [5.74, 6) is -0.126. The van der Waals surface area contributed by atoms with E-state index in [-0.39, 0.29) is 30.7 Å². The average molecular weight is 532 g/mol. The normalized spacial score (nSPS) is 10.7. The number of carboxylic acids is 1. The number of carbonyl (C=O) groups excluding carboxylic acids is 2. The van der Waals surface area contributed by atoms with Crippen LogP contribution in [0.25, 0.3) is 0 Å². The fourth-order valence-corrected chi connectivity index (χ4v) is 4.27. The van der Waals surface area contributed by atoms with Gasteiger partial charge in [0.2, 0.25) is 5.91 Å². The van der Waals surface area contributed by atoms with Gasteiger partial charge in [-0.05, 0) is 59.7 Å². The maximum Gasteiger partial charge on any atom is 0.323 e. The van der Waals surface area contributed by atoms with Crippen LogP contribution in [-0.2, 0) is 29.0 Å². The van der Waals surface area contributed by atoms with Gasteiger partial charge >= 0.3 is 12.0 Å². The van der Waals surface area contributed by atoms with Crippen LogP contribution in [0.4, 0.5) is 16.2 Å². The van der Waals surface area contributed by atoms with Crippen LogP contribution in [0, 0.1) is 12.8 Å². The molecule has 0 unspecified atom stereocenters. The first-order valence-electron chi connectivity index (χ1n) is 13.0. The van der Waals surface area contributed by atoms with Gasteiger partial charge in [-0.3, -0.25) is 9.59 Å². The highest BCUT2D eigenvalue weighted by molar-refractivity contribution is 6.01. The van der Waals surface area contributed by atoms with Crippen LogP contribution >= 0.6 is 0 Å².